The Morgan fingerprint density at radius 2 is 2.17 bits per heavy atom. The molecule has 0 aliphatic heterocycles. The van der Waals surface area contributed by atoms with E-state index in [0.29, 0.717) is 10.7 Å². The van der Waals surface area contributed by atoms with E-state index in [1.165, 1.54) is 0 Å². The van der Waals surface area contributed by atoms with Gasteiger partial charge in [0.05, 0.1) is 16.9 Å². The summed E-state index contributed by atoms with van der Waals surface area (Å²) in [4.78, 5) is 0. The Hall–Kier alpha value is -1.36. The fourth-order valence-electron chi connectivity index (χ4n) is 2.09. The summed E-state index contributed by atoms with van der Waals surface area (Å²) < 4.78 is 2.77. The van der Waals surface area contributed by atoms with Crippen molar-refractivity contribution in [1.29, 1.82) is 0 Å². The van der Waals surface area contributed by atoms with Crippen molar-refractivity contribution in [3.05, 3.63) is 52.1 Å². The van der Waals surface area contributed by atoms with Crippen LogP contribution in [0.25, 0.3) is 10.1 Å². The Labute approximate surface area is 113 Å². The van der Waals surface area contributed by atoms with E-state index in [0.717, 1.165) is 15.6 Å². The second kappa shape index (κ2) is 4.39. The molecule has 1 atom stereocenters. The van der Waals surface area contributed by atoms with Crippen LogP contribution in [0.2, 0.25) is 5.02 Å². The number of nitrogens with zero attached hydrogens (tertiary/aromatic N) is 2. The van der Waals surface area contributed by atoms with Crippen molar-refractivity contribution in [3.63, 3.8) is 0 Å². The molecule has 3 rings (SSSR count). The number of aryl methyl sites for hydroxylation is 1. The number of rotatable bonds is 2. The molecule has 1 N–H and O–H groups in total. The standard InChI is InChI=1S/C13H11ClN2OS/c1-16-12(10(14)6-15-16)13(17)9-7-18-11-5-3-2-4-8(9)11/h2-7,13,17H,1H3. The van der Waals surface area contributed by atoms with Gasteiger partial charge in [0.25, 0.3) is 0 Å². The minimum absolute atomic E-state index is 0.486. The molecule has 0 saturated carbocycles. The number of benzene rings is 1. The number of aliphatic hydroxyl groups excluding tert-OH is 1. The molecule has 5 heteroatoms. The van der Waals surface area contributed by atoms with Crippen molar-refractivity contribution in [2.24, 2.45) is 7.05 Å². The largest absolute Gasteiger partial charge is 0.382 e. The first-order valence-corrected chi connectivity index (χ1v) is 6.76. The highest BCUT2D eigenvalue weighted by Crippen LogP contribution is 2.35. The molecule has 0 aliphatic carbocycles. The van der Waals surface area contributed by atoms with Gasteiger partial charge in [-0.1, -0.05) is 29.8 Å². The first-order chi connectivity index (χ1) is 8.68. The molecule has 92 valence electrons. The monoisotopic (exact) mass is 278 g/mol. The Morgan fingerprint density at radius 1 is 1.39 bits per heavy atom. The first-order valence-electron chi connectivity index (χ1n) is 5.50. The smallest absolute Gasteiger partial charge is 0.124 e. The fraction of sp³-hybridized carbons (Fsp3) is 0.154. The zero-order valence-electron chi connectivity index (χ0n) is 9.67. The number of thiophene rings is 1. The summed E-state index contributed by atoms with van der Waals surface area (Å²) in [6.07, 6.45) is 0.801. The summed E-state index contributed by atoms with van der Waals surface area (Å²) >= 11 is 7.69. The fourth-order valence-corrected chi connectivity index (χ4v) is 3.33. The molecule has 0 aliphatic rings. The van der Waals surface area contributed by atoms with Gasteiger partial charge in [0.15, 0.2) is 0 Å². The summed E-state index contributed by atoms with van der Waals surface area (Å²) in [7, 11) is 1.78. The molecule has 1 aromatic carbocycles. The average Bonchev–Trinajstić information content (AvgIpc) is 2.93. The van der Waals surface area contributed by atoms with Crippen LogP contribution >= 0.6 is 22.9 Å². The second-order valence-electron chi connectivity index (χ2n) is 4.09. The van der Waals surface area contributed by atoms with Crippen LogP contribution in [0.3, 0.4) is 0 Å². The van der Waals surface area contributed by atoms with E-state index >= 15 is 0 Å². The Kier molecular flexibility index (Phi) is 2.86. The van der Waals surface area contributed by atoms with Crippen LogP contribution in [0.4, 0.5) is 0 Å². The Morgan fingerprint density at radius 3 is 2.89 bits per heavy atom. The lowest BCUT2D eigenvalue weighted by Crippen LogP contribution is -2.06. The average molecular weight is 279 g/mol. The summed E-state index contributed by atoms with van der Waals surface area (Å²) in [5, 5.41) is 18.1. The molecule has 0 bridgehead atoms. The van der Waals surface area contributed by atoms with Gasteiger partial charge >= 0.3 is 0 Å². The van der Waals surface area contributed by atoms with E-state index in [2.05, 4.69) is 5.10 Å². The predicted octanol–water partition coefficient (Wildman–Crippen LogP) is 3.37. The van der Waals surface area contributed by atoms with Crippen LogP contribution < -0.4 is 0 Å². The molecule has 0 spiro atoms. The highest BCUT2D eigenvalue weighted by molar-refractivity contribution is 7.17. The van der Waals surface area contributed by atoms with Crippen LogP contribution in [0.15, 0.2) is 35.8 Å². The molecule has 0 radical (unpaired) electrons. The van der Waals surface area contributed by atoms with E-state index in [1.54, 1.807) is 29.3 Å². The molecule has 3 aromatic rings. The zero-order valence-corrected chi connectivity index (χ0v) is 11.2. The van der Waals surface area contributed by atoms with Crippen LogP contribution in [0, 0.1) is 0 Å². The molecule has 0 saturated heterocycles. The van der Waals surface area contributed by atoms with Gasteiger partial charge < -0.3 is 5.11 Å². The normalized spacial score (nSPS) is 13.1. The summed E-state index contributed by atoms with van der Waals surface area (Å²) in [6, 6.07) is 8.01. The highest BCUT2D eigenvalue weighted by atomic mass is 35.5. The highest BCUT2D eigenvalue weighted by Gasteiger charge is 2.21. The molecule has 1 unspecified atom stereocenters. The molecule has 18 heavy (non-hydrogen) atoms. The van der Waals surface area contributed by atoms with Crippen molar-refractivity contribution >= 4 is 33.0 Å². The molecule has 0 amide bonds. The van der Waals surface area contributed by atoms with Gasteiger partial charge in [-0.15, -0.1) is 11.3 Å². The second-order valence-corrected chi connectivity index (χ2v) is 5.41. The lowest BCUT2D eigenvalue weighted by Gasteiger charge is -2.11. The maximum absolute atomic E-state index is 10.5. The number of halogens is 1. The van der Waals surface area contributed by atoms with Crippen LogP contribution in [0.5, 0.6) is 0 Å². The van der Waals surface area contributed by atoms with E-state index in [9.17, 15) is 5.11 Å². The van der Waals surface area contributed by atoms with Crippen LogP contribution in [-0.4, -0.2) is 14.9 Å². The van der Waals surface area contributed by atoms with Crippen molar-refractivity contribution in [3.8, 4) is 0 Å². The minimum atomic E-state index is -0.749. The summed E-state index contributed by atoms with van der Waals surface area (Å²) in [5.74, 6) is 0. The lowest BCUT2D eigenvalue weighted by atomic mass is 10.1. The van der Waals surface area contributed by atoms with E-state index in [-0.39, 0.29) is 0 Å². The van der Waals surface area contributed by atoms with Gasteiger partial charge in [-0.3, -0.25) is 4.68 Å². The van der Waals surface area contributed by atoms with Crippen molar-refractivity contribution in [2.45, 2.75) is 6.10 Å². The summed E-state index contributed by atoms with van der Waals surface area (Å²) in [6.45, 7) is 0. The lowest BCUT2D eigenvalue weighted by molar-refractivity contribution is 0.212. The predicted molar refractivity (Wildman–Crippen MR) is 74.1 cm³/mol. The third-order valence-electron chi connectivity index (χ3n) is 3.00. The van der Waals surface area contributed by atoms with Gasteiger partial charge in [-0.05, 0) is 16.8 Å². The Balaban J connectivity index is 2.15. The van der Waals surface area contributed by atoms with E-state index in [4.69, 9.17) is 11.6 Å². The van der Waals surface area contributed by atoms with Gasteiger partial charge in [-0.25, -0.2) is 0 Å². The first kappa shape index (κ1) is 11.7. The maximum atomic E-state index is 10.5. The molecule has 0 fully saturated rings. The molecule has 2 heterocycles. The zero-order chi connectivity index (χ0) is 12.7. The van der Waals surface area contributed by atoms with Crippen molar-refractivity contribution < 1.29 is 5.11 Å². The number of hydrogen-bond donors (Lipinski definition) is 1. The Bertz CT molecular complexity index is 684. The minimum Gasteiger partial charge on any atom is -0.382 e. The van der Waals surface area contributed by atoms with Gasteiger partial charge in [0, 0.05) is 17.3 Å². The topological polar surface area (TPSA) is 38.0 Å². The number of aliphatic hydroxyl groups is 1. The van der Waals surface area contributed by atoms with Crippen molar-refractivity contribution in [1.82, 2.24) is 9.78 Å². The van der Waals surface area contributed by atoms with E-state index < -0.39 is 6.10 Å². The number of aromatic nitrogens is 2. The maximum Gasteiger partial charge on any atom is 0.124 e. The van der Waals surface area contributed by atoms with Crippen molar-refractivity contribution in [2.75, 3.05) is 0 Å². The molecular formula is C13H11ClN2OS. The molecular weight excluding hydrogens is 268 g/mol. The SMILES string of the molecule is Cn1ncc(Cl)c1C(O)c1csc2ccccc12. The van der Waals surface area contributed by atoms with Crippen LogP contribution in [0.1, 0.15) is 17.4 Å². The van der Waals surface area contributed by atoms with Gasteiger partial charge in [-0.2, -0.15) is 5.10 Å². The number of hydrogen-bond acceptors (Lipinski definition) is 3. The van der Waals surface area contributed by atoms with Gasteiger partial charge in [0.1, 0.15) is 6.10 Å². The quantitative estimate of drug-likeness (QED) is 0.780. The summed E-state index contributed by atoms with van der Waals surface area (Å²) in [5.41, 5.74) is 1.50. The van der Waals surface area contributed by atoms with E-state index in [1.807, 2.05) is 29.6 Å². The number of fused-ring (bicyclic) bond motifs is 1. The van der Waals surface area contributed by atoms with Gasteiger partial charge in [0.2, 0.25) is 0 Å². The molecule has 3 nitrogen and oxygen atoms in total. The third kappa shape index (κ3) is 1.73. The molecule has 2 aromatic heterocycles. The van der Waals surface area contributed by atoms with Crippen LogP contribution in [-0.2, 0) is 7.05 Å². The third-order valence-corrected chi connectivity index (χ3v) is 4.28.